The molecule has 0 aliphatic carbocycles. The molecule has 190 valence electrons. The first kappa shape index (κ1) is 22.9. The maximum atomic E-state index is 6.31. The van der Waals surface area contributed by atoms with Crippen LogP contribution in [0.1, 0.15) is 0 Å². The lowest BCUT2D eigenvalue weighted by molar-refractivity contribution is 0.669. The van der Waals surface area contributed by atoms with Gasteiger partial charge in [-0.25, -0.2) is 0 Å². The van der Waals surface area contributed by atoms with Crippen LogP contribution >= 0.6 is 11.3 Å². The average Bonchev–Trinajstić information content (AvgIpc) is 3.55. The number of para-hydroxylation sites is 2. The molecule has 2 heterocycles. The highest BCUT2D eigenvalue weighted by atomic mass is 32.1. The third-order valence-electron chi connectivity index (χ3n) is 7.41. The molecular formula is C36H24N2OS. The lowest BCUT2D eigenvalue weighted by Crippen LogP contribution is -2.09. The van der Waals surface area contributed by atoms with Crippen molar-refractivity contribution < 1.29 is 4.42 Å². The third-order valence-corrected chi connectivity index (χ3v) is 8.54. The Morgan fingerprint density at radius 3 is 2.02 bits per heavy atom. The van der Waals surface area contributed by atoms with Gasteiger partial charge >= 0.3 is 0 Å². The quantitative estimate of drug-likeness (QED) is 0.239. The highest BCUT2D eigenvalue weighted by Crippen LogP contribution is 2.42. The molecule has 0 unspecified atom stereocenters. The molecule has 4 heteroatoms. The lowest BCUT2D eigenvalue weighted by atomic mass is 10.1. The van der Waals surface area contributed by atoms with Gasteiger partial charge in [-0.05, 0) is 72.8 Å². The van der Waals surface area contributed by atoms with E-state index in [2.05, 4.69) is 132 Å². The van der Waals surface area contributed by atoms with Gasteiger partial charge in [0.2, 0.25) is 0 Å². The molecule has 0 aliphatic rings. The predicted molar refractivity (Wildman–Crippen MR) is 171 cm³/mol. The van der Waals surface area contributed by atoms with Crippen molar-refractivity contribution in [1.82, 2.24) is 0 Å². The minimum Gasteiger partial charge on any atom is -0.456 e. The van der Waals surface area contributed by atoms with E-state index in [-0.39, 0.29) is 0 Å². The molecule has 8 rings (SSSR count). The number of nitrogens with zero attached hydrogens (tertiary/aromatic N) is 1. The monoisotopic (exact) mass is 532 g/mol. The normalized spacial score (nSPS) is 11.5. The molecule has 0 radical (unpaired) electrons. The molecule has 6 aromatic carbocycles. The molecule has 0 spiro atoms. The van der Waals surface area contributed by atoms with E-state index in [9.17, 15) is 0 Å². The minimum atomic E-state index is 0.867. The summed E-state index contributed by atoms with van der Waals surface area (Å²) >= 11 is 1.84. The number of thiophene rings is 1. The van der Waals surface area contributed by atoms with Crippen molar-refractivity contribution in [3.63, 3.8) is 0 Å². The van der Waals surface area contributed by atoms with Crippen LogP contribution < -0.4 is 10.2 Å². The zero-order valence-electron chi connectivity index (χ0n) is 21.5. The standard InChI is InChI=1S/C36H24N2OS/c1-3-9-24(10-4-1)37-25-15-18-29-32-22-27(17-20-33(32)39-34(29)21-25)38(26-11-5-2-6-12-26)28-16-19-31-30-13-7-8-14-35(30)40-36(31)23-28/h1-23,37H. The van der Waals surface area contributed by atoms with Crippen molar-refractivity contribution in [1.29, 1.82) is 0 Å². The molecular weight excluding hydrogens is 508 g/mol. The first-order valence-electron chi connectivity index (χ1n) is 13.4. The van der Waals surface area contributed by atoms with Gasteiger partial charge < -0.3 is 14.6 Å². The Hall–Kier alpha value is -5.06. The van der Waals surface area contributed by atoms with Gasteiger partial charge in [0.25, 0.3) is 0 Å². The number of nitrogens with one attached hydrogen (secondary N) is 1. The summed E-state index contributed by atoms with van der Waals surface area (Å²) in [5.41, 5.74) is 7.13. The summed E-state index contributed by atoms with van der Waals surface area (Å²) in [5.74, 6) is 0. The molecule has 40 heavy (non-hydrogen) atoms. The Bertz CT molecular complexity index is 2150. The van der Waals surface area contributed by atoms with Crippen LogP contribution in [0.4, 0.5) is 28.4 Å². The largest absolute Gasteiger partial charge is 0.456 e. The number of furan rings is 1. The summed E-state index contributed by atoms with van der Waals surface area (Å²) in [7, 11) is 0. The van der Waals surface area contributed by atoms with Gasteiger partial charge in [-0.1, -0.05) is 60.7 Å². The minimum absolute atomic E-state index is 0.867. The van der Waals surface area contributed by atoms with Gasteiger partial charge in [0.15, 0.2) is 0 Å². The first-order chi connectivity index (χ1) is 19.8. The van der Waals surface area contributed by atoms with Gasteiger partial charge in [0.05, 0.1) is 0 Å². The number of fused-ring (bicyclic) bond motifs is 6. The topological polar surface area (TPSA) is 28.4 Å². The van der Waals surface area contributed by atoms with Crippen LogP contribution in [0.15, 0.2) is 144 Å². The van der Waals surface area contributed by atoms with Crippen LogP contribution in [0.25, 0.3) is 42.1 Å². The smallest absolute Gasteiger partial charge is 0.137 e. The molecule has 0 saturated carbocycles. The second kappa shape index (κ2) is 9.30. The Labute approximate surface area is 235 Å². The first-order valence-corrected chi connectivity index (χ1v) is 14.2. The average molecular weight is 533 g/mol. The number of rotatable bonds is 5. The van der Waals surface area contributed by atoms with Gasteiger partial charge in [0.1, 0.15) is 11.2 Å². The van der Waals surface area contributed by atoms with E-state index in [1.54, 1.807) is 0 Å². The van der Waals surface area contributed by atoms with E-state index in [1.165, 1.54) is 20.2 Å². The summed E-state index contributed by atoms with van der Waals surface area (Å²) in [6, 6.07) is 49.0. The Morgan fingerprint density at radius 2 is 1.15 bits per heavy atom. The molecule has 0 amide bonds. The molecule has 1 N–H and O–H groups in total. The number of anilines is 5. The summed E-state index contributed by atoms with van der Waals surface area (Å²) < 4.78 is 8.91. The van der Waals surface area contributed by atoms with E-state index >= 15 is 0 Å². The van der Waals surface area contributed by atoms with Crippen molar-refractivity contribution in [2.24, 2.45) is 0 Å². The highest BCUT2D eigenvalue weighted by molar-refractivity contribution is 7.25. The van der Waals surface area contributed by atoms with E-state index in [4.69, 9.17) is 4.42 Å². The predicted octanol–water partition coefficient (Wildman–Crippen LogP) is 11.2. The van der Waals surface area contributed by atoms with Crippen LogP contribution in [0.2, 0.25) is 0 Å². The van der Waals surface area contributed by atoms with Crippen LogP contribution in [-0.4, -0.2) is 0 Å². The second-order valence-corrected chi connectivity index (χ2v) is 11.0. The maximum Gasteiger partial charge on any atom is 0.137 e. The van der Waals surface area contributed by atoms with Crippen molar-refractivity contribution in [2.75, 3.05) is 10.2 Å². The molecule has 0 saturated heterocycles. The molecule has 0 bridgehead atoms. The van der Waals surface area contributed by atoms with Crippen LogP contribution in [0.5, 0.6) is 0 Å². The lowest BCUT2D eigenvalue weighted by Gasteiger charge is -2.25. The van der Waals surface area contributed by atoms with Crippen molar-refractivity contribution in [2.45, 2.75) is 0 Å². The second-order valence-electron chi connectivity index (χ2n) is 9.93. The summed E-state index contributed by atoms with van der Waals surface area (Å²) in [4.78, 5) is 2.33. The molecule has 0 fully saturated rings. The Balaban J connectivity index is 1.25. The Kier molecular flexibility index (Phi) is 5.32. The van der Waals surface area contributed by atoms with Gasteiger partial charge in [-0.15, -0.1) is 11.3 Å². The summed E-state index contributed by atoms with van der Waals surface area (Å²) in [6.07, 6.45) is 0. The van der Waals surface area contributed by atoms with E-state index in [0.717, 1.165) is 50.4 Å². The van der Waals surface area contributed by atoms with Crippen molar-refractivity contribution in [3.05, 3.63) is 140 Å². The zero-order chi connectivity index (χ0) is 26.5. The van der Waals surface area contributed by atoms with Crippen LogP contribution in [0.3, 0.4) is 0 Å². The maximum absolute atomic E-state index is 6.31. The van der Waals surface area contributed by atoms with Gasteiger partial charge in [-0.3, -0.25) is 0 Å². The SMILES string of the molecule is c1ccc(Nc2ccc3c(c2)oc2ccc(N(c4ccccc4)c4ccc5c(c4)sc4ccccc45)cc23)cc1. The van der Waals surface area contributed by atoms with Crippen molar-refractivity contribution in [3.8, 4) is 0 Å². The Morgan fingerprint density at radius 1 is 0.450 bits per heavy atom. The molecule has 8 aromatic rings. The van der Waals surface area contributed by atoms with E-state index in [1.807, 2.05) is 29.5 Å². The van der Waals surface area contributed by atoms with E-state index < -0.39 is 0 Å². The van der Waals surface area contributed by atoms with E-state index in [0.29, 0.717) is 0 Å². The van der Waals surface area contributed by atoms with Crippen LogP contribution in [0, 0.1) is 0 Å². The highest BCUT2D eigenvalue weighted by Gasteiger charge is 2.17. The van der Waals surface area contributed by atoms with Crippen molar-refractivity contribution >= 4 is 81.9 Å². The molecule has 0 atom stereocenters. The van der Waals surface area contributed by atoms with Crippen LogP contribution in [-0.2, 0) is 0 Å². The number of benzene rings is 6. The molecule has 0 aliphatic heterocycles. The summed E-state index contributed by atoms with van der Waals surface area (Å²) in [6.45, 7) is 0. The number of hydrogen-bond acceptors (Lipinski definition) is 4. The van der Waals surface area contributed by atoms with Gasteiger partial charge in [-0.2, -0.15) is 0 Å². The summed E-state index contributed by atoms with van der Waals surface area (Å²) in [5, 5.41) is 8.28. The number of hydrogen-bond donors (Lipinski definition) is 1. The molecule has 2 aromatic heterocycles. The fraction of sp³-hybridized carbons (Fsp3) is 0. The zero-order valence-corrected chi connectivity index (χ0v) is 22.4. The third kappa shape index (κ3) is 3.89. The molecule has 3 nitrogen and oxygen atoms in total. The fourth-order valence-corrected chi connectivity index (χ4v) is 6.69. The fourth-order valence-electron chi connectivity index (χ4n) is 5.55. The van der Waals surface area contributed by atoms with Gasteiger partial charge in [0, 0.05) is 65.4 Å².